The molecule has 0 saturated heterocycles. The first-order valence-electron chi connectivity index (χ1n) is 6.58. The van der Waals surface area contributed by atoms with Gasteiger partial charge in [-0.15, -0.1) is 0 Å². The first-order valence-corrected chi connectivity index (χ1v) is 6.58. The molecule has 0 heterocycles. The zero-order valence-electron chi connectivity index (χ0n) is 11.2. The zero-order chi connectivity index (χ0) is 14.8. The number of rotatable bonds is 2. The van der Waals surface area contributed by atoms with Crippen molar-refractivity contribution in [3.63, 3.8) is 0 Å². The number of hydrogen-bond donors (Lipinski definition) is 2. The minimum atomic E-state index is -1.13. The van der Waals surface area contributed by atoms with Crippen molar-refractivity contribution >= 4 is 12.2 Å². The van der Waals surface area contributed by atoms with Gasteiger partial charge in [-0.2, -0.15) is 0 Å². The lowest BCUT2D eigenvalue weighted by Crippen LogP contribution is -2.43. The lowest BCUT2D eigenvalue weighted by Gasteiger charge is -2.23. The predicted molar refractivity (Wildman–Crippen MR) is 72.1 cm³/mol. The molecule has 1 aliphatic rings. The van der Waals surface area contributed by atoms with Gasteiger partial charge in [0.05, 0.1) is 0 Å². The highest BCUT2D eigenvalue weighted by Gasteiger charge is 2.11. The second-order valence-electron chi connectivity index (χ2n) is 4.50. The molecule has 110 valence electrons. The number of nitrogens with one attached hydrogen (secondary N) is 1. The van der Waals surface area contributed by atoms with Crippen LogP contribution in [0.5, 0.6) is 5.75 Å². The average molecular weight is 279 g/mol. The van der Waals surface area contributed by atoms with Crippen molar-refractivity contribution in [3.05, 3.63) is 30.3 Å². The number of para-hydroxylation sites is 1. The molecule has 6 nitrogen and oxygen atoms in total. The van der Waals surface area contributed by atoms with Gasteiger partial charge in [0.25, 0.3) is 0 Å². The van der Waals surface area contributed by atoms with Gasteiger partial charge in [-0.05, 0) is 25.0 Å². The summed E-state index contributed by atoms with van der Waals surface area (Å²) in [5, 5.41) is 12.4. The number of carbonyl (C=O) groups is 2. The second-order valence-corrected chi connectivity index (χ2v) is 4.50. The van der Waals surface area contributed by atoms with E-state index in [1.807, 2.05) is 6.07 Å². The fraction of sp³-hybridized carbons (Fsp3) is 0.429. The Morgan fingerprint density at radius 2 is 1.75 bits per heavy atom. The van der Waals surface area contributed by atoms with Gasteiger partial charge in [0, 0.05) is 6.04 Å². The number of ether oxygens (including phenoxy) is 1. The molecule has 6 heteroatoms. The van der Waals surface area contributed by atoms with E-state index in [1.165, 1.54) is 6.42 Å². The lowest BCUT2D eigenvalue weighted by atomic mass is 9.96. The third kappa shape index (κ3) is 7.25. The third-order valence-electron chi connectivity index (χ3n) is 2.89. The summed E-state index contributed by atoms with van der Waals surface area (Å²) in [6, 6.07) is 8.83. The van der Waals surface area contributed by atoms with E-state index in [0.29, 0.717) is 5.75 Å². The summed E-state index contributed by atoms with van der Waals surface area (Å²) in [5.74, 6) is 0.468. The molecule has 0 atom stereocenters. The smallest absolute Gasteiger partial charge is 0.409 e. The Balaban J connectivity index is 0.000000200. The molecular formula is C14H19N2O4-. The molecule has 0 unspecified atom stereocenters. The lowest BCUT2D eigenvalue weighted by molar-refractivity contribution is -0.251. The van der Waals surface area contributed by atoms with Crippen LogP contribution in [0.25, 0.3) is 0 Å². The van der Waals surface area contributed by atoms with Crippen molar-refractivity contribution in [1.82, 2.24) is 5.32 Å². The molecule has 0 radical (unpaired) electrons. The first kappa shape index (κ1) is 15.8. The highest BCUT2D eigenvalue weighted by atomic mass is 16.5. The monoisotopic (exact) mass is 279 g/mol. The van der Waals surface area contributed by atoms with Gasteiger partial charge in [-0.25, -0.2) is 4.79 Å². The second kappa shape index (κ2) is 8.79. The summed E-state index contributed by atoms with van der Waals surface area (Å²) >= 11 is 0. The maximum Gasteiger partial charge on any atom is 0.409 e. The molecule has 20 heavy (non-hydrogen) atoms. The Labute approximate surface area is 117 Å². The number of primary amides is 1. The summed E-state index contributed by atoms with van der Waals surface area (Å²) in [6.07, 6.45) is 3.57. The minimum absolute atomic E-state index is 0.166. The quantitative estimate of drug-likeness (QED) is 0.853. The molecule has 2 rings (SSSR count). The van der Waals surface area contributed by atoms with Crippen molar-refractivity contribution in [1.29, 1.82) is 0 Å². The molecule has 0 aliphatic heterocycles. The number of hydrogen-bond acceptors (Lipinski definition) is 4. The van der Waals surface area contributed by atoms with E-state index in [-0.39, 0.29) is 6.04 Å². The molecule has 3 N–H and O–H groups in total. The Hall–Kier alpha value is -2.24. The number of nitrogens with two attached hydrogens (primary N) is 1. The Morgan fingerprint density at radius 3 is 2.25 bits per heavy atom. The maximum atomic E-state index is 10.2. The Bertz CT molecular complexity index is 416. The van der Waals surface area contributed by atoms with Gasteiger partial charge in [0.15, 0.2) is 0 Å². The first-order chi connectivity index (χ1) is 9.58. The Kier molecular flexibility index (Phi) is 6.95. The van der Waals surface area contributed by atoms with E-state index in [4.69, 9.17) is 5.73 Å². The normalized spacial score (nSPS) is 14.6. The van der Waals surface area contributed by atoms with Crippen LogP contribution in [0.1, 0.15) is 32.1 Å². The van der Waals surface area contributed by atoms with E-state index in [2.05, 4.69) is 10.1 Å². The molecule has 1 aromatic rings. The highest BCUT2D eigenvalue weighted by Crippen LogP contribution is 2.16. The topological polar surface area (TPSA) is 104 Å². The molecular weight excluding hydrogens is 260 g/mol. The van der Waals surface area contributed by atoms with Crippen LogP contribution >= 0.6 is 0 Å². The predicted octanol–water partition coefficient (Wildman–Crippen LogP) is 1.40. The van der Waals surface area contributed by atoms with Gasteiger partial charge in [-0.1, -0.05) is 37.5 Å². The molecule has 1 fully saturated rings. The van der Waals surface area contributed by atoms with Crippen molar-refractivity contribution in [2.45, 2.75) is 38.1 Å². The summed E-state index contributed by atoms with van der Waals surface area (Å²) in [5.41, 5.74) is 4.76. The number of carboxylic acid groups (broad SMARTS) is 1. The summed E-state index contributed by atoms with van der Waals surface area (Å²) < 4.78 is 4.55. The fourth-order valence-corrected chi connectivity index (χ4v) is 2.02. The summed E-state index contributed by atoms with van der Waals surface area (Å²) in [4.78, 5) is 20.2. The van der Waals surface area contributed by atoms with Gasteiger partial charge < -0.3 is 25.7 Å². The van der Waals surface area contributed by atoms with E-state index >= 15 is 0 Å². The Morgan fingerprint density at radius 1 is 1.15 bits per heavy atom. The SMILES string of the molecule is NC(=O)Oc1ccccc1.O=C([O-])NC1CCCCC1. The van der Waals surface area contributed by atoms with Gasteiger partial charge in [-0.3, -0.25) is 0 Å². The fourth-order valence-electron chi connectivity index (χ4n) is 2.02. The highest BCUT2D eigenvalue weighted by molar-refractivity contribution is 5.67. The van der Waals surface area contributed by atoms with Crippen molar-refractivity contribution in [3.8, 4) is 5.75 Å². The number of benzene rings is 1. The van der Waals surface area contributed by atoms with Crippen LogP contribution < -0.4 is 20.9 Å². The summed E-state index contributed by atoms with van der Waals surface area (Å²) in [7, 11) is 0. The van der Waals surface area contributed by atoms with E-state index in [9.17, 15) is 14.7 Å². The number of carbonyl (C=O) groups excluding carboxylic acids is 2. The third-order valence-corrected chi connectivity index (χ3v) is 2.89. The van der Waals surface area contributed by atoms with Crippen molar-refractivity contribution < 1.29 is 19.4 Å². The molecule has 1 aromatic carbocycles. The van der Waals surface area contributed by atoms with E-state index in [0.717, 1.165) is 25.7 Å². The largest absolute Gasteiger partial charge is 0.530 e. The minimum Gasteiger partial charge on any atom is -0.530 e. The molecule has 0 aromatic heterocycles. The van der Waals surface area contributed by atoms with Crippen LogP contribution in [0, 0.1) is 0 Å². The van der Waals surface area contributed by atoms with E-state index < -0.39 is 12.2 Å². The standard InChI is InChI=1S/C7H7NO2.C7H13NO2/c8-7(9)10-6-4-2-1-3-5-6;9-7(10)8-6-4-2-1-3-5-6/h1-5H,(H2,8,9);6,8H,1-5H2,(H,9,10)/p-1. The molecule has 1 saturated carbocycles. The van der Waals surface area contributed by atoms with Crippen LogP contribution in [0.4, 0.5) is 9.59 Å². The van der Waals surface area contributed by atoms with Crippen LogP contribution in [0.15, 0.2) is 30.3 Å². The van der Waals surface area contributed by atoms with E-state index in [1.54, 1.807) is 24.3 Å². The molecule has 2 amide bonds. The average Bonchev–Trinajstić information content (AvgIpc) is 2.40. The molecule has 0 spiro atoms. The van der Waals surface area contributed by atoms with Crippen LogP contribution in [-0.2, 0) is 0 Å². The van der Waals surface area contributed by atoms with Gasteiger partial charge >= 0.3 is 6.09 Å². The summed E-state index contributed by atoms with van der Waals surface area (Å²) in [6.45, 7) is 0. The van der Waals surface area contributed by atoms with Gasteiger partial charge in [0.2, 0.25) is 0 Å². The molecule has 0 bridgehead atoms. The van der Waals surface area contributed by atoms with Crippen molar-refractivity contribution in [2.24, 2.45) is 5.73 Å². The van der Waals surface area contributed by atoms with Gasteiger partial charge in [0.1, 0.15) is 11.8 Å². The van der Waals surface area contributed by atoms with Crippen LogP contribution in [-0.4, -0.2) is 18.2 Å². The number of amides is 2. The maximum absolute atomic E-state index is 10.2. The molecule has 1 aliphatic carbocycles. The van der Waals surface area contributed by atoms with Crippen LogP contribution in [0.3, 0.4) is 0 Å². The van der Waals surface area contributed by atoms with Crippen molar-refractivity contribution in [2.75, 3.05) is 0 Å². The zero-order valence-corrected chi connectivity index (χ0v) is 11.2. The van der Waals surface area contributed by atoms with Crippen LogP contribution in [0.2, 0.25) is 0 Å².